The maximum absolute atomic E-state index is 14.1. The third-order valence-electron chi connectivity index (χ3n) is 8.48. The summed E-state index contributed by atoms with van der Waals surface area (Å²) in [5.74, 6) is -0.986. The van der Waals surface area contributed by atoms with Crippen molar-refractivity contribution in [3.05, 3.63) is 101 Å². The number of hydrogen-bond acceptors (Lipinski definition) is 6. The Kier molecular flexibility index (Phi) is 8.19. The van der Waals surface area contributed by atoms with Crippen LogP contribution in [0.1, 0.15) is 62.4 Å². The minimum atomic E-state index is -4.70. The highest BCUT2D eigenvalue weighted by Gasteiger charge is 2.50. The molecule has 2 saturated heterocycles. The molecule has 6 rings (SSSR count). The monoisotopic (exact) mass is 673 g/mol. The number of fused-ring (bicyclic) bond motifs is 1. The Hall–Kier alpha value is -4.59. The van der Waals surface area contributed by atoms with Crippen molar-refractivity contribution < 1.29 is 45.8 Å². The van der Waals surface area contributed by atoms with E-state index in [1.54, 1.807) is 19.1 Å². The third kappa shape index (κ3) is 6.01. The number of carboxylic acids is 1. The number of carboxylic acid groups (broad SMARTS) is 1. The molecule has 0 bridgehead atoms. The first kappa shape index (κ1) is 32.4. The van der Waals surface area contributed by atoms with Gasteiger partial charge in [0.15, 0.2) is 0 Å². The van der Waals surface area contributed by atoms with Crippen LogP contribution in [-0.2, 0) is 12.4 Å². The number of aromatic nitrogens is 2. The van der Waals surface area contributed by atoms with E-state index in [2.05, 4.69) is 9.97 Å². The summed E-state index contributed by atoms with van der Waals surface area (Å²) in [6, 6.07) is 10.4. The van der Waals surface area contributed by atoms with Crippen LogP contribution in [0.4, 0.5) is 31.1 Å². The Labute approximate surface area is 268 Å². The van der Waals surface area contributed by atoms with Crippen LogP contribution in [0.3, 0.4) is 0 Å². The normalized spacial score (nSPS) is 19.6. The Morgan fingerprint density at radius 3 is 2.34 bits per heavy atom. The second-order valence-electron chi connectivity index (χ2n) is 11.3. The number of rotatable bonds is 6. The van der Waals surface area contributed by atoms with Gasteiger partial charge in [0.25, 0.3) is 5.24 Å². The summed E-state index contributed by atoms with van der Waals surface area (Å²) in [6.45, 7) is 1.72. The van der Waals surface area contributed by atoms with Crippen LogP contribution >= 0.6 is 11.8 Å². The zero-order chi connectivity index (χ0) is 33.8. The van der Waals surface area contributed by atoms with E-state index in [-0.39, 0.29) is 29.0 Å². The molecule has 2 unspecified atom stereocenters. The van der Waals surface area contributed by atoms with Crippen LogP contribution in [0, 0.1) is 6.92 Å². The minimum absolute atomic E-state index is 0.0848. The van der Waals surface area contributed by atoms with Crippen molar-refractivity contribution in [3.63, 3.8) is 0 Å². The number of ether oxygens (including phenoxy) is 1. The maximum Gasteiger partial charge on any atom is 0.433 e. The van der Waals surface area contributed by atoms with Crippen LogP contribution in [0.5, 0.6) is 5.88 Å². The summed E-state index contributed by atoms with van der Waals surface area (Å²) in [6.07, 6.45) is -6.23. The zero-order valence-corrected chi connectivity index (χ0v) is 25.5. The van der Waals surface area contributed by atoms with Gasteiger partial charge in [-0.1, -0.05) is 23.9 Å². The number of alkyl halides is 6. The second-order valence-corrected chi connectivity index (χ2v) is 12.4. The Morgan fingerprint density at radius 2 is 1.68 bits per heavy atom. The molecule has 1 N–H and O–H groups in total. The Bertz CT molecular complexity index is 1900. The van der Waals surface area contributed by atoms with Crippen molar-refractivity contribution >= 4 is 23.0 Å². The predicted molar refractivity (Wildman–Crippen MR) is 161 cm³/mol. The molecule has 0 aliphatic carbocycles. The van der Waals surface area contributed by atoms with Crippen molar-refractivity contribution in [1.29, 1.82) is 0 Å². The third-order valence-corrected chi connectivity index (χ3v) is 9.73. The summed E-state index contributed by atoms with van der Waals surface area (Å²) in [5, 5.41) is 8.24. The smallest absolute Gasteiger partial charge is 0.433 e. The number of aryl methyl sites for hydroxylation is 1. The molecule has 2 aliphatic heterocycles. The van der Waals surface area contributed by atoms with Gasteiger partial charge in [0, 0.05) is 29.6 Å². The van der Waals surface area contributed by atoms with E-state index in [4.69, 9.17) is 4.74 Å². The number of carbonyl (C=O) groups excluding carboxylic acids is 1. The van der Waals surface area contributed by atoms with Crippen molar-refractivity contribution in [2.75, 3.05) is 7.11 Å². The summed E-state index contributed by atoms with van der Waals surface area (Å²) < 4.78 is 87.9. The fraction of sp³-hybridized carbons (Fsp3) is 0.273. The van der Waals surface area contributed by atoms with Crippen LogP contribution in [-0.4, -0.2) is 44.3 Å². The van der Waals surface area contributed by atoms with E-state index in [0.29, 0.717) is 34.2 Å². The van der Waals surface area contributed by atoms with Crippen LogP contribution in [0.25, 0.3) is 22.3 Å². The number of aromatic carboxylic acids is 1. The molecule has 0 saturated carbocycles. The first-order valence-corrected chi connectivity index (χ1v) is 15.2. The number of pyridine rings is 2. The van der Waals surface area contributed by atoms with E-state index in [0.717, 1.165) is 36.2 Å². The number of benzene rings is 2. The quantitative estimate of drug-likeness (QED) is 0.204. The van der Waals surface area contributed by atoms with E-state index in [1.807, 2.05) is 0 Å². The lowest BCUT2D eigenvalue weighted by molar-refractivity contribution is -0.141. The summed E-state index contributed by atoms with van der Waals surface area (Å²) in [4.78, 5) is 34.2. The summed E-state index contributed by atoms with van der Waals surface area (Å²) in [5.41, 5.74) is 1.01. The number of carbonyl (C=O) groups is 2. The highest BCUT2D eigenvalue weighted by Crippen LogP contribution is 2.55. The lowest BCUT2D eigenvalue weighted by atomic mass is 9.90. The van der Waals surface area contributed by atoms with Gasteiger partial charge in [-0.25, -0.2) is 9.78 Å². The average molecular weight is 674 g/mol. The molecule has 2 aliphatic rings. The van der Waals surface area contributed by atoms with Gasteiger partial charge >= 0.3 is 18.3 Å². The highest BCUT2D eigenvalue weighted by molar-refractivity contribution is 8.14. The molecule has 0 radical (unpaired) electrons. The van der Waals surface area contributed by atoms with Gasteiger partial charge in [-0.15, -0.1) is 0 Å². The molecular weight excluding hydrogens is 648 g/mol. The molecule has 4 aromatic rings. The minimum Gasteiger partial charge on any atom is -0.481 e. The summed E-state index contributed by atoms with van der Waals surface area (Å²) >= 11 is 0.843. The van der Waals surface area contributed by atoms with E-state index < -0.39 is 52.2 Å². The predicted octanol–water partition coefficient (Wildman–Crippen LogP) is 8.98. The van der Waals surface area contributed by atoms with Crippen molar-refractivity contribution in [3.8, 4) is 28.1 Å². The van der Waals surface area contributed by atoms with Crippen LogP contribution < -0.4 is 4.74 Å². The number of amides is 1. The number of thioether (sulfide) groups is 1. The average Bonchev–Trinajstić information content (AvgIpc) is 3.60. The van der Waals surface area contributed by atoms with E-state index in [9.17, 15) is 41.0 Å². The van der Waals surface area contributed by atoms with Crippen molar-refractivity contribution in [2.24, 2.45) is 0 Å². The maximum atomic E-state index is 14.1. The lowest BCUT2D eigenvalue weighted by Crippen LogP contribution is -2.31. The molecule has 3 atom stereocenters. The zero-order valence-electron chi connectivity index (χ0n) is 24.7. The molecule has 244 valence electrons. The van der Waals surface area contributed by atoms with Crippen molar-refractivity contribution in [2.45, 2.75) is 49.5 Å². The van der Waals surface area contributed by atoms with Gasteiger partial charge in [0.2, 0.25) is 5.88 Å². The molecule has 1 amide bonds. The highest BCUT2D eigenvalue weighted by atomic mass is 32.2. The first-order valence-electron chi connectivity index (χ1n) is 14.3. The molecule has 4 heterocycles. The summed E-state index contributed by atoms with van der Waals surface area (Å²) in [7, 11) is 1.36. The SMILES string of the molecule is COc1ncc(-c2ccc(C(=O)O)cc2C)cc1-c1ccc(C(F)(F)F)cc1[C@@H]1CCC2C(c3ccnc(C(F)(F)F)c3)SC(=O)N21. The molecule has 2 fully saturated rings. The molecule has 2 aromatic heterocycles. The molecule has 0 spiro atoms. The first-order chi connectivity index (χ1) is 22.2. The van der Waals surface area contributed by atoms with E-state index in [1.165, 1.54) is 42.5 Å². The lowest BCUT2D eigenvalue weighted by Gasteiger charge is -2.28. The van der Waals surface area contributed by atoms with Gasteiger partial charge in [0.05, 0.1) is 29.5 Å². The molecule has 7 nitrogen and oxygen atoms in total. The number of halogens is 6. The molecule has 47 heavy (non-hydrogen) atoms. The molecule has 2 aromatic carbocycles. The van der Waals surface area contributed by atoms with Gasteiger partial charge in [-0.05, 0) is 90.0 Å². The van der Waals surface area contributed by atoms with Crippen LogP contribution in [0.2, 0.25) is 0 Å². The molecule has 14 heteroatoms. The van der Waals surface area contributed by atoms with Gasteiger partial charge in [-0.2, -0.15) is 26.3 Å². The molecular formula is C33H25F6N3O4S. The van der Waals surface area contributed by atoms with E-state index >= 15 is 0 Å². The fourth-order valence-corrected chi connectivity index (χ4v) is 7.66. The second kappa shape index (κ2) is 11.9. The number of hydrogen-bond donors (Lipinski definition) is 1. The van der Waals surface area contributed by atoms with Gasteiger partial charge in [-0.3, -0.25) is 9.78 Å². The number of nitrogens with zero attached hydrogens (tertiary/aromatic N) is 3. The largest absolute Gasteiger partial charge is 0.481 e. The topological polar surface area (TPSA) is 92.6 Å². The fourth-order valence-electron chi connectivity index (χ4n) is 6.36. The van der Waals surface area contributed by atoms with Crippen molar-refractivity contribution in [1.82, 2.24) is 14.9 Å². The number of methoxy groups -OCH3 is 1. The standard InChI is InChI=1S/C33H25F6N3O4S/c1-16-11-18(30(43)44)3-5-21(16)19-12-24(29(46-2)41-15-19)22-6-4-20(32(34,35)36)14-23(22)25-7-8-26-28(47-31(45)42(25)26)17-9-10-40-27(13-17)33(37,38)39/h3-6,9-15,25-26,28H,7-8H2,1-2H3,(H,43,44)/t25-,26?,28?/m0/s1. The Balaban J connectivity index is 1.45. The van der Waals surface area contributed by atoms with Crippen LogP contribution in [0.15, 0.2) is 67.0 Å². The van der Waals surface area contributed by atoms with Gasteiger partial charge < -0.3 is 14.7 Å². The Morgan fingerprint density at radius 1 is 0.936 bits per heavy atom. The van der Waals surface area contributed by atoms with Gasteiger partial charge in [0.1, 0.15) is 5.69 Å².